The molecule has 1 aliphatic rings. The van der Waals surface area contributed by atoms with Crippen LogP contribution in [-0.4, -0.2) is 16.6 Å². The number of hydrogen-bond donors (Lipinski definition) is 1. The number of anilines is 2. The summed E-state index contributed by atoms with van der Waals surface area (Å²) >= 11 is 0. The fraction of sp³-hybridized carbons (Fsp3) is 0.364. The van der Waals surface area contributed by atoms with Gasteiger partial charge in [0.2, 0.25) is 0 Å². The first-order valence-electron chi connectivity index (χ1n) is 5.31. The second kappa shape index (κ2) is 4.30. The van der Waals surface area contributed by atoms with E-state index in [1.54, 1.807) is 18.3 Å². The van der Waals surface area contributed by atoms with Crippen molar-refractivity contribution in [2.45, 2.75) is 26.2 Å². The minimum atomic E-state index is -0.00461. The maximum absolute atomic E-state index is 11.7. The largest absolute Gasteiger partial charge is 0.384 e. The second-order valence-corrected chi connectivity index (χ2v) is 3.74. The average Bonchev–Trinajstić information content (AvgIpc) is 2.61. The number of aromatic nitrogens is 1. The molecule has 0 radical (unpaired) electrons. The van der Waals surface area contributed by atoms with Crippen molar-refractivity contribution in [3.8, 4) is 0 Å². The standard InChI is InChI=1S/C11H14N4O/c1-2-3-8-6-11(16)15(14-8)9-4-5-10(12)13-7-9/h4-5,7H,2-3,6H2,1H3,(H2,12,13). The van der Waals surface area contributed by atoms with Gasteiger partial charge in [0.15, 0.2) is 0 Å². The van der Waals surface area contributed by atoms with E-state index in [2.05, 4.69) is 17.0 Å². The quantitative estimate of drug-likeness (QED) is 0.836. The number of nitrogen functional groups attached to an aromatic ring is 1. The second-order valence-electron chi connectivity index (χ2n) is 3.74. The van der Waals surface area contributed by atoms with Crippen LogP contribution in [0.25, 0.3) is 0 Å². The van der Waals surface area contributed by atoms with Gasteiger partial charge in [-0.1, -0.05) is 13.3 Å². The molecule has 0 atom stereocenters. The molecular formula is C11H14N4O. The molecule has 0 spiro atoms. The van der Waals surface area contributed by atoms with Gasteiger partial charge in [-0.05, 0) is 18.6 Å². The summed E-state index contributed by atoms with van der Waals surface area (Å²) in [5, 5.41) is 5.68. The van der Waals surface area contributed by atoms with Gasteiger partial charge < -0.3 is 5.73 Å². The average molecular weight is 218 g/mol. The highest BCUT2D eigenvalue weighted by molar-refractivity contribution is 6.12. The third-order valence-corrected chi connectivity index (χ3v) is 2.39. The molecule has 5 nitrogen and oxygen atoms in total. The highest BCUT2D eigenvalue weighted by atomic mass is 16.2. The van der Waals surface area contributed by atoms with E-state index < -0.39 is 0 Å². The highest BCUT2D eigenvalue weighted by Crippen LogP contribution is 2.21. The normalized spacial score (nSPS) is 15.4. The van der Waals surface area contributed by atoms with Crippen LogP contribution in [0.2, 0.25) is 0 Å². The van der Waals surface area contributed by atoms with Crippen LogP contribution >= 0.6 is 0 Å². The molecule has 0 saturated heterocycles. The van der Waals surface area contributed by atoms with E-state index in [4.69, 9.17) is 5.73 Å². The fourth-order valence-electron chi connectivity index (χ4n) is 1.63. The lowest BCUT2D eigenvalue weighted by Crippen LogP contribution is -2.19. The number of carbonyl (C=O) groups is 1. The molecule has 0 aromatic carbocycles. The summed E-state index contributed by atoms with van der Waals surface area (Å²) in [7, 11) is 0. The third kappa shape index (κ3) is 2.03. The number of rotatable bonds is 3. The Hall–Kier alpha value is -1.91. The number of amides is 1. The van der Waals surface area contributed by atoms with Crippen molar-refractivity contribution < 1.29 is 4.79 Å². The minimum absolute atomic E-state index is 0.00461. The molecule has 1 aromatic heterocycles. The van der Waals surface area contributed by atoms with Gasteiger partial charge in [-0.15, -0.1) is 0 Å². The van der Waals surface area contributed by atoms with Gasteiger partial charge in [0, 0.05) is 5.71 Å². The maximum atomic E-state index is 11.7. The Labute approximate surface area is 94.0 Å². The Bertz CT molecular complexity index is 424. The Morgan fingerprint density at radius 2 is 2.31 bits per heavy atom. The van der Waals surface area contributed by atoms with Crippen LogP contribution < -0.4 is 10.7 Å². The summed E-state index contributed by atoms with van der Waals surface area (Å²) < 4.78 is 0. The van der Waals surface area contributed by atoms with Crippen molar-refractivity contribution in [1.82, 2.24) is 4.98 Å². The molecule has 1 aromatic rings. The predicted octanol–water partition coefficient (Wildman–Crippen LogP) is 1.56. The van der Waals surface area contributed by atoms with E-state index in [1.165, 1.54) is 5.01 Å². The van der Waals surface area contributed by atoms with E-state index in [1.807, 2.05) is 0 Å². The van der Waals surface area contributed by atoms with Crippen LogP contribution in [0, 0.1) is 0 Å². The van der Waals surface area contributed by atoms with E-state index in [0.29, 0.717) is 17.9 Å². The molecule has 1 aliphatic heterocycles. The van der Waals surface area contributed by atoms with Crippen LogP contribution in [0.4, 0.5) is 11.5 Å². The van der Waals surface area contributed by atoms with E-state index in [-0.39, 0.29) is 5.91 Å². The van der Waals surface area contributed by atoms with Crippen molar-refractivity contribution in [2.75, 3.05) is 10.7 Å². The predicted molar refractivity (Wildman–Crippen MR) is 63.1 cm³/mol. The summed E-state index contributed by atoms with van der Waals surface area (Å²) in [6.45, 7) is 2.07. The van der Waals surface area contributed by atoms with E-state index >= 15 is 0 Å². The lowest BCUT2D eigenvalue weighted by atomic mass is 10.2. The maximum Gasteiger partial charge on any atom is 0.253 e. The molecule has 0 unspecified atom stereocenters. The molecule has 1 amide bonds. The molecule has 2 heterocycles. The van der Waals surface area contributed by atoms with Crippen LogP contribution in [-0.2, 0) is 4.79 Å². The number of hydrazone groups is 1. The van der Waals surface area contributed by atoms with Gasteiger partial charge in [-0.25, -0.2) is 4.98 Å². The Balaban J connectivity index is 2.21. The van der Waals surface area contributed by atoms with Gasteiger partial charge in [-0.3, -0.25) is 4.79 Å². The fourth-order valence-corrected chi connectivity index (χ4v) is 1.63. The minimum Gasteiger partial charge on any atom is -0.384 e. The zero-order valence-corrected chi connectivity index (χ0v) is 9.18. The van der Waals surface area contributed by atoms with Gasteiger partial charge >= 0.3 is 0 Å². The van der Waals surface area contributed by atoms with Crippen molar-refractivity contribution in [3.05, 3.63) is 18.3 Å². The molecular weight excluding hydrogens is 204 g/mol. The van der Waals surface area contributed by atoms with Crippen molar-refractivity contribution >= 4 is 23.1 Å². The zero-order chi connectivity index (χ0) is 11.5. The lowest BCUT2D eigenvalue weighted by Gasteiger charge is -2.10. The summed E-state index contributed by atoms with van der Waals surface area (Å²) in [5.74, 6) is 0.433. The third-order valence-electron chi connectivity index (χ3n) is 2.39. The molecule has 2 rings (SSSR count). The summed E-state index contributed by atoms with van der Waals surface area (Å²) in [5.41, 5.74) is 7.09. The Kier molecular flexibility index (Phi) is 2.85. The Morgan fingerprint density at radius 1 is 1.50 bits per heavy atom. The number of pyridine rings is 1. The lowest BCUT2D eigenvalue weighted by molar-refractivity contribution is -0.116. The summed E-state index contributed by atoms with van der Waals surface area (Å²) in [6, 6.07) is 3.41. The molecule has 84 valence electrons. The number of carbonyl (C=O) groups excluding carboxylic acids is 1. The van der Waals surface area contributed by atoms with Crippen molar-refractivity contribution in [1.29, 1.82) is 0 Å². The van der Waals surface area contributed by atoms with Gasteiger partial charge in [0.05, 0.1) is 18.3 Å². The first-order chi connectivity index (χ1) is 7.70. The van der Waals surface area contributed by atoms with E-state index in [9.17, 15) is 4.79 Å². The highest BCUT2D eigenvalue weighted by Gasteiger charge is 2.24. The Morgan fingerprint density at radius 3 is 2.94 bits per heavy atom. The number of nitrogens with zero attached hydrogens (tertiary/aromatic N) is 3. The molecule has 16 heavy (non-hydrogen) atoms. The van der Waals surface area contributed by atoms with Crippen LogP contribution in [0.3, 0.4) is 0 Å². The monoisotopic (exact) mass is 218 g/mol. The smallest absolute Gasteiger partial charge is 0.253 e. The van der Waals surface area contributed by atoms with Gasteiger partial charge in [-0.2, -0.15) is 10.1 Å². The SMILES string of the molecule is CCCC1=NN(c2ccc(N)nc2)C(=O)C1. The molecule has 5 heteroatoms. The van der Waals surface area contributed by atoms with Crippen molar-refractivity contribution in [3.63, 3.8) is 0 Å². The number of nitrogens with two attached hydrogens (primary N) is 1. The zero-order valence-electron chi connectivity index (χ0n) is 9.18. The molecule has 0 aliphatic carbocycles. The van der Waals surface area contributed by atoms with Crippen LogP contribution in [0.1, 0.15) is 26.2 Å². The summed E-state index contributed by atoms with van der Waals surface area (Å²) in [4.78, 5) is 15.6. The van der Waals surface area contributed by atoms with Crippen LogP contribution in [0.5, 0.6) is 0 Å². The van der Waals surface area contributed by atoms with Gasteiger partial charge in [0.1, 0.15) is 5.82 Å². The topological polar surface area (TPSA) is 71.6 Å². The molecule has 0 bridgehead atoms. The van der Waals surface area contributed by atoms with Crippen LogP contribution in [0.15, 0.2) is 23.4 Å². The first-order valence-corrected chi connectivity index (χ1v) is 5.31. The summed E-state index contributed by atoms with van der Waals surface area (Å²) in [6.07, 6.45) is 3.84. The van der Waals surface area contributed by atoms with Crippen molar-refractivity contribution in [2.24, 2.45) is 5.10 Å². The first kappa shape index (κ1) is 10.6. The molecule has 0 saturated carbocycles. The molecule has 2 N–H and O–H groups in total. The van der Waals surface area contributed by atoms with Gasteiger partial charge in [0.25, 0.3) is 5.91 Å². The van der Waals surface area contributed by atoms with E-state index in [0.717, 1.165) is 18.6 Å². The molecule has 0 fully saturated rings. The number of hydrogen-bond acceptors (Lipinski definition) is 4.